The van der Waals surface area contributed by atoms with Gasteiger partial charge in [0.2, 0.25) is 12.2 Å². The average Bonchev–Trinajstić information content (AvgIpc) is 3.16. The summed E-state index contributed by atoms with van der Waals surface area (Å²) in [5, 5.41) is 14.9. The van der Waals surface area contributed by atoms with Gasteiger partial charge in [-0.3, -0.25) is 4.79 Å². The van der Waals surface area contributed by atoms with E-state index in [9.17, 15) is 14.9 Å². The molecule has 0 aliphatic carbocycles. The molecule has 1 saturated heterocycles. The number of carbonyl (C=O) groups is 1. The summed E-state index contributed by atoms with van der Waals surface area (Å²) < 4.78 is 1.19. The molecule has 1 amide bonds. The van der Waals surface area contributed by atoms with Crippen molar-refractivity contribution in [2.24, 2.45) is 0 Å². The first-order valence-electron chi connectivity index (χ1n) is 7.13. The maximum absolute atomic E-state index is 12.5. The van der Waals surface area contributed by atoms with Crippen molar-refractivity contribution in [3.8, 4) is 0 Å². The van der Waals surface area contributed by atoms with Crippen LogP contribution < -0.4 is 0 Å². The van der Waals surface area contributed by atoms with Gasteiger partial charge in [0, 0.05) is 16.7 Å². The Kier molecular flexibility index (Phi) is 4.24. The highest BCUT2D eigenvalue weighted by molar-refractivity contribution is 6.30. The first-order valence-corrected chi connectivity index (χ1v) is 7.51. The Morgan fingerprint density at radius 3 is 3.00 bits per heavy atom. The van der Waals surface area contributed by atoms with Crippen LogP contribution in [0.2, 0.25) is 5.02 Å². The number of hydrogen-bond donors (Lipinski definition) is 0. The predicted molar refractivity (Wildman–Crippen MR) is 81.8 cm³/mol. The highest BCUT2D eigenvalue weighted by atomic mass is 35.5. The topological polar surface area (TPSA) is 94.2 Å². The summed E-state index contributed by atoms with van der Waals surface area (Å²) >= 11 is 6.02. The molecule has 0 spiro atoms. The number of nitro groups is 1. The maximum atomic E-state index is 12.5. The van der Waals surface area contributed by atoms with E-state index in [0.717, 1.165) is 18.4 Å². The Labute approximate surface area is 136 Å². The largest absolute Gasteiger partial charge is 0.490 e. The van der Waals surface area contributed by atoms with Gasteiger partial charge < -0.3 is 15.0 Å². The third-order valence-corrected chi connectivity index (χ3v) is 4.03. The van der Waals surface area contributed by atoms with Gasteiger partial charge in [-0.15, -0.1) is 0 Å². The number of aromatic nitrogens is 3. The minimum Gasteiger partial charge on any atom is -0.390 e. The Bertz CT molecular complexity index is 748. The summed E-state index contributed by atoms with van der Waals surface area (Å²) in [6, 6.07) is 7.43. The van der Waals surface area contributed by atoms with Crippen LogP contribution >= 0.6 is 11.6 Å². The zero-order valence-corrected chi connectivity index (χ0v) is 12.9. The van der Waals surface area contributed by atoms with E-state index in [2.05, 4.69) is 10.1 Å². The third-order valence-electron chi connectivity index (χ3n) is 3.79. The zero-order valence-electron chi connectivity index (χ0n) is 12.1. The van der Waals surface area contributed by atoms with Crippen molar-refractivity contribution in [2.75, 3.05) is 6.54 Å². The molecule has 9 heteroatoms. The predicted octanol–water partition coefficient (Wildman–Crippen LogP) is 2.20. The summed E-state index contributed by atoms with van der Waals surface area (Å²) in [6.07, 6.45) is 2.96. The fraction of sp³-hybridized carbons (Fsp3) is 0.357. The molecule has 1 fully saturated rings. The molecule has 1 aliphatic rings. The zero-order chi connectivity index (χ0) is 16.4. The Morgan fingerprint density at radius 2 is 2.30 bits per heavy atom. The van der Waals surface area contributed by atoms with Crippen molar-refractivity contribution in [2.45, 2.75) is 25.4 Å². The second kappa shape index (κ2) is 6.33. The van der Waals surface area contributed by atoms with Gasteiger partial charge in [-0.25, -0.2) is 0 Å². The highest BCUT2D eigenvalue weighted by Gasteiger charge is 2.30. The lowest BCUT2D eigenvalue weighted by Gasteiger charge is -2.24. The molecule has 1 aromatic carbocycles. The molecule has 2 aromatic rings. The molecule has 3 rings (SSSR count). The lowest BCUT2D eigenvalue weighted by molar-refractivity contribution is -0.394. The van der Waals surface area contributed by atoms with Gasteiger partial charge in [0.1, 0.15) is 6.54 Å². The van der Waals surface area contributed by atoms with Gasteiger partial charge in [-0.05, 0) is 35.5 Å². The van der Waals surface area contributed by atoms with Crippen molar-refractivity contribution in [1.82, 2.24) is 19.7 Å². The smallest absolute Gasteiger partial charge is 0.390 e. The van der Waals surface area contributed by atoms with E-state index in [1.807, 2.05) is 18.2 Å². The number of carbonyl (C=O) groups excluding carboxylic acids is 1. The summed E-state index contributed by atoms with van der Waals surface area (Å²) in [5.41, 5.74) is 0.993. The summed E-state index contributed by atoms with van der Waals surface area (Å²) in [4.78, 5) is 27.7. The molecule has 2 heterocycles. The number of amides is 1. The van der Waals surface area contributed by atoms with Crippen molar-refractivity contribution < 1.29 is 9.72 Å². The molecule has 0 saturated carbocycles. The molecular weight excluding hydrogens is 322 g/mol. The standard InChI is InChI=1S/C14H14ClN5O3/c15-11-4-1-3-10(7-11)12-5-2-6-19(12)13(21)8-18-9-16-14(17-18)20(22)23/h1,3-4,7,9,12H,2,5-6,8H2. The number of benzene rings is 1. The van der Waals surface area contributed by atoms with E-state index < -0.39 is 10.9 Å². The highest BCUT2D eigenvalue weighted by Crippen LogP contribution is 2.33. The van der Waals surface area contributed by atoms with Gasteiger partial charge in [-0.2, -0.15) is 4.68 Å². The molecule has 120 valence electrons. The van der Waals surface area contributed by atoms with Crippen LogP contribution in [0.4, 0.5) is 5.95 Å². The van der Waals surface area contributed by atoms with E-state index >= 15 is 0 Å². The van der Waals surface area contributed by atoms with E-state index in [1.165, 1.54) is 11.0 Å². The van der Waals surface area contributed by atoms with E-state index in [0.29, 0.717) is 11.6 Å². The van der Waals surface area contributed by atoms with Gasteiger partial charge in [0.15, 0.2) is 0 Å². The van der Waals surface area contributed by atoms with Crippen molar-refractivity contribution in [3.63, 3.8) is 0 Å². The molecular formula is C14H14ClN5O3. The number of hydrogen-bond acceptors (Lipinski definition) is 5. The van der Waals surface area contributed by atoms with Crippen LogP contribution in [-0.2, 0) is 11.3 Å². The first-order chi connectivity index (χ1) is 11.0. The van der Waals surface area contributed by atoms with E-state index in [1.54, 1.807) is 11.0 Å². The van der Waals surface area contributed by atoms with Crippen LogP contribution in [0.5, 0.6) is 0 Å². The lowest BCUT2D eigenvalue weighted by atomic mass is 10.0. The van der Waals surface area contributed by atoms with Crippen LogP contribution in [0.25, 0.3) is 0 Å². The quantitative estimate of drug-likeness (QED) is 0.630. The van der Waals surface area contributed by atoms with Gasteiger partial charge >= 0.3 is 5.95 Å². The second-order valence-corrected chi connectivity index (χ2v) is 5.74. The normalized spacial score (nSPS) is 17.4. The van der Waals surface area contributed by atoms with Gasteiger partial charge in [0.05, 0.1) is 6.04 Å². The summed E-state index contributed by atoms with van der Waals surface area (Å²) in [7, 11) is 0. The second-order valence-electron chi connectivity index (χ2n) is 5.30. The van der Waals surface area contributed by atoms with Crippen molar-refractivity contribution in [1.29, 1.82) is 0 Å². The Morgan fingerprint density at radius 1 is 1.48 bits per heavy atom. The van der Waals surface area contributed by atoms with Crippen LogP contribution in [0.15, 0.2) is 30.6 Å². The summed E-state index contributed by atoms with van der Waals surface area (Å²) in [5.74, 6) is -0.655. The molecule has 0 bridgehead atoms. The number of nitrogens with zero attached hydrogens (tertiary/aromatic N) is 5. The first kappa shape index (κ1) is 15.4. The SMILES string of the molecule is O=C(Cn1cnc([N+](=O)[O-])n1)N1CCCC1c1cccc(Cl)c1. The van der Waals surface area contributed by atoms with E-state index in [-0.39, 0.29) is 18.5 Å². The van der Waals surface area contributed by atoms with Crippen molar-refractivity contribution in [3.05, 3.63) is 51.3 Å². The molecule has 1 atom stereocenters. The fourth-order valence-corrected chi connectivity index (χ4v) is 3.00. The van der Waals surface area contributed by atoms with Gasteiger partial charge in [-0.1, -0.05) is 28.7 Å². The molecule has 23 heavy (non-hydrogen) atoms. The molecule has 0 radical (unpaired) electrons. The summed E-state index contributed by atoms with van der Waals surface area (Å²) in [6.45, 7) is 0.574. The van der Waals surface area contributed by atoms with Crippen LogP contribution in [0, 0.1) is 10.1 Å². The molecule has 1 aromatic heterocycles. The fourth-order valence-electron chi connectivity index (χ4n) is 2.80. The minimum absolute atomic E-state index is 0.0280. The average molecular weight is 336 g/mol. The van der Waals surface area contributed by atoms with Gasteiger partial charge in [0.25, 0.3) is 0 Å². The molecule has 1 unspecified atom stereocenters. The van der Waals surface area contributed by atoms with E-state index in [4.69, 9.17) is 11.6 Å². The molecule has 0 N–H and O–H groups in total. The Balaban J connectivity index is 1.74. The number of rotatable bonds is 4. The third kappa shape index (κ3) is 3.31. The van der Waals surface area contributed by atoms with Crippen LogP contribution in [-0.4, -0.2) is 37.0 Å². The maximum Gasteiger partial charge on any atom is 0.490 e. The lowest BCUT2D eigenvalue weighted by Crippen LogP contribution is -2.33. The van der Waals surface area contributed by atoms with Crippen LogP contribution in [0.1, 0.15) is 24.4 Å². The van der Waals surface area contributed by atoms with Crippen LogP contribution in [0.3, 0.4) is 0 Å². The minimum atomic E-state index is -0.689. The Hall–Kier alpha value is -2.48. The monoisotopic (exact) mass is 335 g/mol. The number of halogens is 1. The van der Waals surface area contributed by atoms with Crippen molar-refractivity contribution >= 4 is 23.5 Å². The molecule has 1 aliphatic heterocycles. The molecule has 8 nitrogen and oxygen atoms in total. The number of likely N-dealkylation sites (tertiary alicyclic amines) is 1.